The number of rotatable bonds is 5. The summed E-state index contributed by atoms with van der Waals surface area (Å²) in [6.45, 7) is 9.02. The van der Waals surface area contributed by atoms with Crippen molar-refractivity contribution in [3.8, 4) is 22.5 Å². The highest BCUT2D eigenvalue weighted by molar-refractivity contribution is 5.97. The van der Waals surface area contributed by atoms with E-state index < -0.39 is 0 Å². The van der Waals surface area contributed by atoms with Crippen LogP contribution in [0, 0.1) is 0 Å². The first-order valence-corrected chi connectivity index (χ1v) is 16.4. The number of aromatic nitrogens is 5. The normalized spacial score (nSPS) is 22.1. The van der Waals surface area contributed by atoms with Crippen molar-refractivity contribution in [3.05, 3.63) is 54.1 Å². The smallest absolute Gasteiger partial charge is 0.219 e. The number of piperidine rings is 1. The molecule has 230 valence electrons. The summed E-state index contributed by atoms with van der Waals surface area (Å²) in [5.41, 5.74) is 6.48. The number of fused-ring (bicyclic) bond motifs is 2. The molecule has 4 aliphatic heterocycles. The number of ether oxygens (including phenoxy) is 1. The van der Waals surface area contributed by atoms with Crippen LogP contribution in [-0.4, -0.2) is 92.2 Å². The first kappa shape index (κ1) is 27.9. The first-order valence-electron chi connectivity index (χ1n) is 16.4. The van der Waals surface area contributed by atoms with Gasteiger partial charge in [0.25, 0.3) is 0 Å². The zero-order valence-corrected chi connectivity index (χ0v) is 25.6. The van der Waals surface area contributed by atoms with E-state index in [9.17, 15) is 4.79 Å². The van der Waals surface area contributed by atoms with E-state index in [2.05, 4.69) is 50.0 Å². The molecule has 0 spiro atoms. The molecular weight excluding hydrogens is 552 g/mol. The summed E-state index contributed by atoms with van der Waals surface area (Å²) in [5.74, 6) is 0.113. The van der Waals surface area contributed by atoms with E-state index in [-0.39, 0.29) is 5.91 Å². The third-order valence-corrected chi connectivity index (χ3v) is 10.4. The van der Waals surface area contributed by atoms with Crippen LogP contribution in [-0.2, 0) is 22.5 Å². The lowest BCUT2D eigenvalue weighted by atomic mass is 9.96. The Morgan fingerprint density at radius 2 is 1.86 bits per heavy atom. The van der Waals surface area contributed by atoms with E-state index in [4.69, 9.17) is 19.9 Å². The molecule has 0 radical (unpaired) electrons. The number of pyridine rings is 1. The molecular formula is C34H42N8O2. The standard InChI is InChI=1S/C34H42N8O2/c1-23(43)39-14-8-33-31(22-39)34(38-42(33)27-9-15-44-16-10-27)29-4-2-3-24-17-32(36-19-30(24)29)25-18-37-41(20-25)28-7-13-40(21-28)26-5-11-35-12-6-26/h2-4,17-20,26-28,35H,5-16,21-22H2,1H3. The maximum absolute atomic E-state index is 12.4. The summed E-state index contributed by atoms with van der Waals surface area (Å²) in [4.78, 5) is 22.0. The summed E-state index contributed by atoms with van der Waals surface area (Å²) in [6.07, 6.45) is 12.5. The van der Waals surface area contributed by atoms with E-state index in [0.29, 0.717) is 24.7 Å². The molecule has 7 heterocycles. The minimum absolute atomic E-state index is 0.113. The van der Waals surface area contributed by atoms with Gasteiger partial charge in [-0.05, 0) is 56.6 Å². The van der Waals surface area contributed by atoms with Crippen LogP contribution < -0.4 is 5.32 Å². The monoisotopic (exact) mass is 594 g/mol. The average molecular weight is 595 g/mol. The predicted molar refractivity (Wildman–Crippen MR) is 169 cm³/mol. The van der Waals surface area contributed by atoms with E-state index >= 15 is 0 Å². The van der Waals surface area contributed by atoms with Gasteiger partial charge in [-0.2, -0.15) is 10.2 Å². The second kappa shape index (κ2) is 11.7. The molecule has 44 heavy (non-hydrogen) atoms. The Labute approximate surface area is 258 Å². The molecule has 3 aromatic heterocycles. The van der Waals surface area contributed by atoms with Crippen LogP contribution in [0.15, 0.2) is 42.9 Å². The number of likely N-dealkylation sites (tertiary alicyclic amines) is 1. The van der Waals surface area contributed by atoms with Crippen molar-refractivity contribution in [3.63, 3.8) is 0 Å². The number of carbonyl (C=O) groups is 1. The summed E-state index contributed by atoms with van der Waals surface area (Å²) < 4.78 is 10.1. The Hall–Kier alpha value is -3.60. The maximum Gasteiger partial charge on any atom is 0.219 e. The first-order chi connectivity index (χ1) is 21.6. The largest absolute Gasteiger partial charge is 0.381 e. The SMILES string of the molecule is CC(=O)N1CCc2c(c(-c3cccc4cc(-c5cnn(C6CCN(C7CCNCC7)C6)c5)ncc34)nn2C2CCOCC2)C1. The van der Waals surface area contributed by atoms with Crippen molar-refractivity contribution >= 4 is 16.7 Å². The number of amides is 1. The van der Waals surface area contributed by atoms with Crippen LogP contribution >= 0.6 is 0 Å². The molecule has 8 rings (SSSR count). The van der Waals surface area contributed by atoms with Gasteiger partial charge in [0.1, 0.15) is 0 Å². The van der Waals surface area contributed by atoms with Crippen LogP contribution in [0.1, 0.15) is 62.4 Å². The molecule has 4 aliphatic rings. The van der Waals surface area contributed by atoms with Crippen molar-refractivity contribution in [2.45, 2.75) is 70.1 Å². The van der Waals surface area contributed by atoms with Crippen molar-refractivity contribution < 1.29 is 9.53 Å². The van der Waals surface area contributed by atoms with Crippen molar-refractivity contribution in [1.82, 2.24) is 39.7 Å². The maximum atomic E-state index is 12.4. The Morgan fingerprint density at radius 3 is 2.70 bits per heavy atom. The highest BCUT2D eigenvalue weighted by Gasteiger charge is 2.32. The molecule has 3 fully saturated rings. The fourth-order valence-corrected chi connectivity index (χ4v) is 7.86. The van der Waals surface area contributed by atoms with E-state index in [1.54, 1.807) is 6.92 Å². The number of hydrogen-bond acceptors (Lipinski definition) is 7. The van der Waals surface area contributed by atoms with E-state index in [1.807, 2.05) is 17.3 Å². The molecule has 0 bridgehead atoms. The quantitative estimate of drug-likeness (QED) is 0.370. The summed E-state index contributed by atoms with van der Waals surface area (Å²) in [6, 6.07) is 10.1. The molecule has 4 aromatic rings. The highest BCUT2D eigenvalue weighted by Crippen LogP contribution is 2.38. The zero-order valence-electron chi connectivity index (χ0n) is 25.6. The fraction of sp³-hybridized carbons (Fsp3) is 0.529. The molecule has 3 saturated heterocycles. The third-order valence-electron chi connectivity index (χ3n) is 10.4. The molecule has 1 unspecified atom stereocenters. The minimum atomic E-state index is 0.113. The van der Waals surface area contributed by atoms with Gasteiger partial charge in [0, 0.05) is 98.9 Å². The van der Waals surface area contributed by atoms with E-state index in [0.717, 1.165) is 105 Å². The number of nitrogens with one attached hydrogen (secondary N) is 1. The molecule has 10 heteroatoms. The summed E-state index contributed by atoms with van der Waals surface area (Å²) >= 11 is 0. The van der Waals surface area contributed by atoms with Gasteiger partial charge < -0.3 is 15.0 Å². The highest BCUT2D eigenvalue weighted by atomic mass is 16.5. The van der Waals surface area contributed by atoms with Gasteiger partial charge in [-0.3, -0.25) is 24.0 Å². The lowest BCUT2D eigenvalue weighted by molar-refractivity contribution is -0.129. The molecule has 1 amide bonds. The Morgan fingerprint density at radius 1 is 1.00 bits per heavy atom. The molecule has 0 saturated carbocycles. The van der Waals surface area contributed by atoms with Crippen LogP contribution in [0.25, 0.3) is 33.3 Å². The van der Waals surface area contributed by atoms with Crippen molar-refractivity contribution in [2.75, 3.05) is 45.9 Å². The lowest BCUT2D eigenvalue weighted by Gasteiger charge is -2.31. The van der Waals surface area contributed by atoms with Gasteiger partial charge in [0.05, 0.1) is 29.7 Å². The predicted octanol–water partition coefficient (Wildman–Crippen LogP) is 4.22. The van der Waals surface area contributed by atoms with Gasteiger partial charge in [0.2, 0.25) is 5.91 Å². The fourth-order valence-electron chi connectivity index (χ4n) is 7.86. The summed E-state index contributed by atoms with van der Waals surface area (Å²) in [7, 11) is 0. The lowest BCUT2D eigenvalue weighted by Crippen LogP contribution is -2.42. The third kappa shape index (κ3) is 5.12. The molecule has 0 aliphatic carbocycles. The number of carbonyl (C=O) groups excluding carboxylic acids is 1. The van der Waals surface area contributed by atoms with Gasteiger partial charge in [-0.15, -0.1) is 0 Å². The molecule has 1 aromatic carbocycles. The Bertz CT molecular complexity index is 1660. The zero-order chi connectivity index (χ0) is 29.6. The van der Waals surface area contributed by atoms with Crippen molar-refractivity contribution in [2.24, 2.45) is 0 Å². The number of benzene rings is 1. The average Bonchev–Trinajstić information content (AvgIpc) is 3.84. The van der Waals surface area contributed by atoms with Crippen LogP contribution in [0.3, 0.4) is 0 Å². The second-order valence-corrected chi connectivity index (χ2v) is 13.0. The van der Waals surface area contributed by atoms with Gasteiger partial charge >= 0.3 is 0 Å². The van der Waals surface area contributed by atoms with Crippen LogP contribution in [0.5, 0.6) is 0 Å². The topological polar surface area (TPSA) is 93.3 Å². The summed E-state index contributed by atoms with van der Waals surface area (Å²) in [5, 5.41) is 15.8. The number of hydrogen-bond donors (Lipinski definition) is 1. The van der Waals surface area contributed by atoms with E-state index in [1.165, 1.54) is 24.1 Å². The second-order valence-electron chi connectivity index (χ2n) is 13.0. The Kier molecular flexibility index (Phi) is 7.44. The van der Waals surface area contributed by atoms with Crippen LogP contribution in [0.2, 0.25) is 0 Å². The molecule has 1 N–H and O–H groups in total. The minimum Gasteiger partial charge on any atom is -0.381 e. The van der Waals surface area contributed by atoms with Gasteiger partial charge in [0.15, 0.2) is 0 Å². The number of nitrogens with zero attached hydrogens (tertiary/aromatic N) is 7. The van der Waals surface area contributed by atoms with Crippen LogP contribution in [0.4, 0.5) is 0 Å². The molecule has 1 atom stereocenters. The Balaban J connectivity index is 1.09. The van der Waals surface area contributed by atoms with Crippen molar-refractivity contribution in [1.29, 1.82) is 0 Å². The molecule has 10 nitrogen and oxygen atoms in total. The van der Waals surface area contributed by atoms with Gasteiger partial charge in [-0.1, -0.05) is 18.2 Å². The van der Waals surface area contributed by atoms with Gasteiger partial charge in [-0.25, -0.2) is 0 Å².